The van der Waals surface area contributed by atoms with E-state index in [1.165, 1.54) is 11.8 Å². The van der Waals surface area contributed by atoms with Gasteiger partial charge in [0.15, 0.2) is 0 Å². The second-order valence-corrected chi connectivity index (χ2v) is 6.14. The van der Waals surface area contributed by atoms with Gasteiger partial charge in [-0.05, 0) is 23.8 Å². The fourth-order valence-electron chi connectivity index (χ4n) is 3.36. The number of amides is 2. The van der Waals surface area contributed by atoms with Gasteiger partial charge in [-0.3, -0.25) is 19.3 Å². The SMILES string of the molecule is CC(=O)OC[C@@H](c1ccccc1)N1C(=O)c2ccc3[nH]ccc3c2C1=O. The molecule has 1 aliphatic rings. The van der Waals surface area contributed by atoms with Gasteiger partial charge in [-0.15, -0.1) is 0 Å². The van der Waals surface area contributed by atoms with Crippen molar-refractivity contribution in [2.24, 2.45) is 0 Å². The van der Waals surface area contributed by atoms with Crippen LogP contribution in [-0.4, -0.2) is 34.3 Å². The van der Waals surface area contributed by atoms with E-state index < -0.39 is 12.0 Å². The molecule has 1 aliphatic heterocycles. The Balaban J connectivity index is 1.80. The number of nitrogens with zero attached hydrogens (tertiary/aromatic N) is 1. The van der Waals surface area contributed by atoms with Gasteiger partial charge in [0.2, 0.25) is 0 Å². The minimum absolute atomic E-state index is 0.0822. The van der Waals surface area contributed by atoms with Gasteiger partial charge in [-0.25, -0.2) is 0 Å². The number of rotatable bonds is 4. The zero-order valence-corrected chi connectivity index (χ0v) is 14.1. The molecule has 0 radical (unpaired) electrons. The van der Waals surface area contributed by atoms with Gasteiger partial charge in [0.1, 0.15) is 6.61 Å². The lowest BCUT2D eigenvalue weighted by Crippen LogP contribution is -2.37. The number of carbonyl (C=O) groups excluding carboxylic acids is 3. The monoisotopic (exact) mass is 348 g/mol. The first-order valence-corrected chi connectivity index (χ1v) is 8.24. The number of H-pyrrole nitrogens is 1. The Labute approximate surface area is 149 Å². The number of hydrogen-bond acceptors (Lipinski definition) is 4. The Morgan fingerprint density at radius 2 is 1.85 bits per heavy atom. The van der Waals surface area contributed by atoms with Crippen LogP contribution in [0.3, 0.4) is 0 Å². The highest BCUT2D eigenvalue weighted by Gasteiger charge is 2.42. The molecule has 0 unspecified atom stereocenters. The van der Waals surface area contributed by atoms with Gasteiger partial charge < -0.3 is 9.72 Å². The highest BCUT2D eigenvalue weighted by Crippen LogP contribution is 2.35. The van der Waals surface area contributed by atoms with Gasteiger partial charge >= 0.3 is 5.97 Å². The summed E-state index contributed by atoms with van der Waals surface area (Å²) in [6, 6.07) is 13.6. The van der Waals surface area contributed by atoms with Crippen LogP contribution in [0, 0.1) is 0 Å². The minimum atomic E-state index is -0.679. The van der Waals surface area contributed by atoms with Gasteiger partial charge in [0, 0.05) is 24.0 Å². The summed E-state index contributed by atoms with van der Waals surface area (Å²) in [5, 5.41) is 0.711. The van der Waals surface area contributed by atoms with Crippen LogP contribution < -0.4 is 0 Å². The first kappa shape index (κ1) is 16.1. The highest BCUT2D eigenvalue weighted by molar-refractivity contribution is 6.26. The number of hydrogen-bond donors (Lipinski definition) is 1. The lowest BCUT2D eigenvalue weighted by molar-refractivity contribution is -0.142. The molecule has 26 heavy (non-hydrogen) atoms. The van der Waals surface area contributed by atoms with Gasteiger partial charge in [0.25, 0.3) is 11.8 Å². The molecule has 0 aliphatic carbocycles. The van der Waals surface area contributed by atoms with Gasteiger partial charge in [-0.2, -0.15) is 0 Å². The largest absolute Gasteiger partial charge is 0.463 e. The van der Waals surface area contributed by atoms with E-state index in [0.29, 0.717) is 16.5 Å². The van der Waals surface area contributed by atoms with Gasteiger partial charge in [0.05, 0.1) is 17.2 Å². The molecule has 1 atom stereocenters. The molecule has 0 bridgehead atoms. The summed E-state index contributed by atoms with van der Waals surface area (Å²) in [6.45, 7) is 1.22. The topological polar surface area (TPSA) is 79.5 Å². The molecular formula is C20H16N2O4. The normalized spacial score (nSPS) is 14.6. The van der Waals surface area contributed by atoms with Crippen LogP contribution >= 0.6 is 0 Å². The Bertz CT molecular complexity index is 1020. The second kappa shape index (κ2) is 6.15. The van der Waals surface area contributed by atoms with E-state index in [1.807, 2.05) is 30.3 Å². The number of esters is 1. The van der Waals surface area contributed by atoms with Crippen LogP contribution in [0.25, 0.3) is 10.9 Å². The Kier molecular flexibility index (Phi) is 3.80. The van der Waals surface area contributed by atoms with Crippen molar-refractivity contribution in [1.82, 2.24) is 9.88 Å². The zero-order chi connectivity index (χ0) is 18.3. The van der Waals surface area contributed by atoms with Crippen LogP contribution in [-0.2, 0) is 9.53 Å². The summed E-state index contributed by atoms with van der Waals surface area (Å²) in [4.78, 5) is 41.7. The predicted molar refractivity (Wildman–Crippen MR) is 94.6 cm³/mol. The molecule has 1 N–H and O–H groups in total. The maximum absolute atomic E-state index is 13.1. The zero-order valence-electron chi connectivity index (χ0n) is 14.1. The van der Waals surface area contributed by atoms with Crippen LogP contribution in [0.1, 0.15) is 39.2 Å². The first-order chi connectivity index (χ1) is 12.6. The van der Waals surface area contributed by atoms with Crippen LogP contribution in [0.5, 0.6) is 0 Å². The molecule has 4 rings (SSSR count). The standard InChI is InChI=1S/C20H16N2O4/c1-12(23)26-11-17(13-5-3-2-4-6-13)22-19(24)15-7-8-16-14(9-10-21-16)18(15)20(22)25/h2-10,17,21H,11H2,1H3/t17-/m0/s1. The van der Waals surface area contributed by atoms with Crippen molar-refractivity contribution in [3.63, 3.8) is 0 Å². The molecule has 1 aromatic heterocycles. The molecule has 2 aromatic carbocycles. The number of fused-ring (bicyclic) bond motifs is 3. The van der Waals surface area contributed by atoms with Crippen molar-refractivity contribution in [3.8, 4) is 0 Å². The third-order valence-corrected chi connectivity index (χ3v) is 4.56. The predicted octanol–water partition coefficient (Wildman–Crippen LogP) is 3.07. The van der Waals surface area contributed by atoms with Crippen molar-refractivity contribution in [2.75, 3.05) is 6.61 Å². The van der Waals surface area contributed by atoms with E-state index in [9.17, 15) is 14.4 Å². The molecule has 2 amide bonds. The van der Waals surface area contributed by atoms with E-state index in [0.717, 1.165) is 11.1 Å². The van der Waals surface area contributed by atoms with E-state index in [4.69, 9.17) is 4.74 Å². The van der Waals surface area contributed by atoms with Crippen molar-refractivity contribution >= 4 is 28.7 Å². The molecular weight excluding hydrogens is 332 g/mol. The summed E-state index contributed by atoms with van der Waals surface area (Å²) in [5.41, 5.74) is 2.28. The Morgan fingerprint density at radius 1 is 1.08 bits per heavy atom. The summed E-state index contributed by atoms with van der Waals surface area (Å²) in [5.74, 6) is -1.22. The third-order valence-electron chi connectivity index (χ3n) is 4.56. The van der Waals surface area contributed by atoms with E-state index >= 15 is 0 Å². The minimum Gasteiger partial charge on any atom is -0.463 e. The Morgan fingerprint density at radius 3 is 2.58 bits per heavy atom. The van der Waals surface area contributed by atoms with Crippen LogP contribution in [0.4, 0.5) is 0 Å². The summed E-state index contributed by atoms with van der Waals surface area (Å²) < 4.78 is 5.15. The van der Waals surface area contributed by atoms with E-state index in [-0.39, 0.29) is 18.4 Å². The smallest absolute Gasteiger partial charge is 0.302 e. The average Bonchev–Trinajstić information content (AvgIpc) is 3.20. The molecule has 0 fully saturated rings. The number of ether oxygens (including phenoxy) is 1. The van der Waals surface area contributed by atoms with Crippen LogP contribution in [0.15, 0.2) is 54.7 Å². The Hall–Kier alpha value is -3.41. The van der Waals surface area contributed by atoms with Crippen molar-refractivity contribution in [2.45, 2.75) is 13.0 Å². The maximum Gasteiger partial charge on any atom is 0.302 e. The first-order valence-electron chi connectivity index (χ1n) is 8.24. The maximum atomic E-state index is 13.1. The number of nitrogens with one attached hydrogen (secondary N) is 1. The summed E-state index contributed by atoms with van der Waals surface area (Å²) in [7, 11) is 0. The molecule has 0 spiro atoms. The van der Waals surface area contributed by atoms with E-state index in [1.54, 1.807) is 24.4 Å². The van der Waals surface area contributed by atoms with Crippen molar-refractivity contribution < 1.29 is 19.1 Å². The quantitative estimate of drug-likeness (QED) is 0.580. The third kappa shape index (κ3) is 2.47. The van der Waals surface area contributed by atoms with Gasteiger partial charge in [-0.1, -0.05) is 30.3 Å². The molecule has 6 nitrogen and oxygen atoms in total. The lowest BCUT2D eigenvalue weighted by Gasteiger charge is -2.26. The van der Waals surface area contributed by atoms with Crippen molar-refractivity contribution in [3.05, 3.63) is 71.4 Å². The summed E-state index contributed by atoms with van der Waals surface area (Å²) >= 11 is 0. The molecule has 6 heteroatoms. The average molecular weight is 348 g/mol. The number of imide groups is 1. The molecule has 0 saturated heterocycles. The van der Waals surface area contributed by atoms with E-state index in [2.05, 4.69) is 4.98 Å². The number of aromatic amines is 1. The fraction of sp³-hybridized carbons (Fsp3) is 0.150. The second-order valence-electron chi connectivity index (χ2n) is 6.14. The lowest BCUT2D eigenvalue weighted by atomic mass is 10.1. The number of carbonyl (C=O) groups is 3. The number of aromatic nitrogens is 1. The van der Waals surface area contributed by atoms with Crippen LogP contribution in [0.2, 0.25) is 0 Å². The molecule has 2 heterocycles. The van der Waals surface area contributed by atoms with Crippen molar-refractivity contribution in [1.29, 1.82) is 0 Å². The summed E-state index contributed by atoms with van der Waals surface area (Å²) in [6.07, 6.45) is 1.74. The highest BCUT2D eigenvalue weighted by atomic mass is 16.5. The molecule has 0 saturated carbocycles. The molecule has 130 valence electrons. The number of benzene rings is 2. The fourth-order valence-corrected chi connectivity index (χ4v) is 3.36. The molecule has 3 aromatic rings.